The molecule has 4 rings (SSSR count). The molecule has 1 aliphatic rings. The van der Waals surface area contributed by atoms with Crippen molar-refractivity contribution in [3.8, 4) is 11.3 Å². The molecule has 0 saturated heterocycles. The Kier molecular flexibility index (Phi) is 3.76. The number of carbonyl (C=O) groups is 1. The van der Waals surface area contributed by atoms with E-state index in [1.807, 2.05) is 50.3 Å². The average Bonchev–Trinajstić information content (AvgIpc) is 3.18. The normalized spacial score (nSPS) is 13.9. The van der Waals surface area contributed by atoms with E-state index in [4.69, 9.17) is 4.42 Å². The predicted octanol–water partition coefficient (Wildman–Crippen LogP) is 3.74. The lowest BCUT2D eigenvalue weighted by Crippen LogP contribution is -2.31. The molecule has 25 heavy (non-hydrogen) atoms. The number of nitrogens with one attached hydrogen (secondary N) is 2. The third kappa shape index (κ3) is 3.01. The van der Waals surface area contributed by atoms with Gasteiger partial charge in [0.1, 0.15) is 11.5 Å². The standard InChI is InChI=1S/C20H19N3O2/c1-12-9-16(25-13(12)2)4-3-15-10-14(5-7-21-15)19-11-17-18(23-19)6-8-22-20(17)24/h3-5,7,9-11,23H,6,8H2,1-2H3,(H,22,24)/b4-3-. The molecule has 0 aliphatic carbocycles. The van der Waals surface area contributed by atoms with Gasteiger partial charge in [-0.1, -0.05) is 0 Å². The molecule has 1 aliphatic heterocycles. The summed E-state index contributed by atoms with van der Waals surface area (Å²) in [6.45, 7) is 4.66. The Hall–Kier alpha value is -3.08. The maximum atomic E-state index is 11.9. The van der Waals surface area contributed by atoms with Crippen LogP contribution in [-0.4, -0.2) is 22.4 Å². The Balaban J connectivity index is 1.62. The highest BCUT2D eigenvalue weighted by atomic mass is 16.3. The van der Waals surface area contributed by atoms with Crippen molar-refractivity contribution < 1.29 is 9.21 Å². The summed E-state index contributed by atoms with van der Waals surface area (Å²) in [6, 6.07) is 7.85. The second-order valence-electron chi connectivity index (χ2n) is 6.27. The Morgan fingerprint density at radius 2 is 2.08 bits per heavy atom. The van der Waals surface area contributed by atoms with Gasteiger partial charge in [0, 0.05) is 36.1 Å². The Bertz CT molecular complexity index is 959. The van der Waals surface area contributed by atoms with Crippen molar-refractivity contribution in [2.45, 2.75) is 20.3 Å². The molecule has 3 aromatic rings. The molecule has 0 fully saturated rings. The number of H-pyrrole nitrogens is 1. The predicted molar refractivity (Wildman–Crippen MR) is 97.2 cm³/mol. The second-order valence-corrected chi connectivity index (χ2v) is 6.27. The van der Waals surface area contributed by atoms with Crippen LogP contribution in [0.5, 0.6) is 0 Å². The van der Waals surface area contributed by atoms with Gasteiger partial charge < -0.3 is 14.7 Å². The minimum absolute atomic E-state index is 0.0125. The van der Waals surface area contributed by atoms with Crippen LogP contribution in [0.1, 0.15) is 38.8 Å². The van der Waals surface area contributed by atoms with E-state index in [0.717, 1.165) is 51.7 Å². The zero-order valence-corrected chi connectivity index (χ0v) is 14.2. The number of fused-ring (bicyclic) bond motifs is 1. The zero-order valence-electron chi connectivity index (χ0n) is 14.2. The topological polar surface area (TPSA) is 70.9 Å². The van der Waals surface area contributed by atoms with Crippen LogP contribution in [0.4, 0.5) is 0 Å². The number of aryl methyl sites for hydroxylation is 2. The van der Waals surface area contributed by atoms with Gasteiger partial charge in [0.05, 0.1) is 11.3 Å². The van der Waals surface area contributed by atoms with Crippen molar-refractivity contribution in [2.75, 3.05) is 6.54 Å². The molecule has 1 amide bonds. The maximum absolute atomic E-state index is 11.9. The van der Waals surface area contributed by atoms with E-state index in [9.17, 15) is 4.79 Å². The first-order valence-electron chi connectivity index (χ1n) is 8.32. The number of aromatic nitrogens is 2. The Morgan fingerprint density at radius 3 is 2.84 bits per heavy atom. The zero-order chi connectivity index (χ0) is 17.4. The quantitative estimate of drug-likeness (QED) is 0.767. The first-order valence-corrected chi connectivity index (χ1v) is 8.32. The van der Waals surface area contributed by atoms with Gasteiger partial charge in [0.25, 0.3) is 5.91 Å². The first-order chi connectivity index (χ1) is 12.1. The molecular formula is C20H19N3O2. The van der Waals surface area contributed by atoms with E-state index in [2.05, 4.69) is 15.3 Å². The summed E-state index contributed by atoms with van der Waals surface area (Å²) in [4.78, 5) is 19.7. The van der Waals surface area contributed by atoms with Crippen molar-refractivity contribution in [1.29, 1.82) is 0 Å². The summed E-state index contributed by atoms with van der Waals surface area (Å²) in [6.07, 6.45) is 6.44. The highest BCUT2D eigenvalue weighted by molar-refractivity contribution is 5.97. The van der Waals surface area contributed by atoms with Crippen LogP contribution in [-0.2, 0) is 6.42 Å². The third-order valence-corrected chi connectivity index (χ3v) is 4.50. The SMILES string of the molecule is Cc1cc(/C=C\c2cc(-c3cc4c([nH]3)CCNC4=O)ccn2)oc1C. The monoisotopic (exact) mass is 333 g/mol. The number of furan rings is 1. The molecule has 0 radical (unpaired) electrons. The molecule has 5 heteroatoms. The van der Waals surface area contributed by atoms with Gasteiger partial charge in [-0.25, -0.2) is 0 Å². The fourth-order valence-electron chi connectivity index (χ4n) is 3.01. The maximum Gasteiger partial charge on any atom is 0.253 e. The second kappa shape index (κ2) is 6.09. The summed E-state index contributed by atoms with van der Waals surface area (Å²) in [5, 5.41) is 2.87. The van der Waals surface area contributed by atoms with Crippen molar-refractivity contribution in [3.05, 3.63) is 64.5 Å². The first kappa shape index (κ1) is 15.4. The van der Waals surface area contributed by atoms with E-state index < -0.39 is 0 Å². The minimum Gasteiger partial charge on any atom is -0.462 e. The van der Waals surface area contributed by atoms with E-state index in [1.54, 1.807) is 6.20 Å². The number of hydrogen-bond donors (Lipinski definition) is 2. The number of amides is 1. The number of carbonyl (C=O) groups excluding carboxylic acids is 1. The molecule has 0 spiro atoms. The number of hydrogen-bond acceptors (Lipinski definition) is 3. The van der Waals surface area contributed by atoms with Gasteiger partial charge in [-0.15, -0.1) is 0 Å². The van der Waals surface area contributed by atoms with Crippen LogP contribution in [0.15, 0.2) is 34.9 Å². The molecule has 0 saturated carbocycles. The van der Waals surface area contributed by atoms with Gasteiger partial charge in [-0.3, -0.25) is 9.78 Å². The van der Waals surface area contributed by atoms with E-state index in [1.165, 1.54) is 0 Å². The summed E-state index contributed by atoms with van der Waals surface area (Å²) in [5.41, 5.74) is 5.64. The summed E-state index contributed by atoms with van der Waals surface area (Å²) in [7, 11) is 0. The van der Waals surface area contributed by atoms with E-state index in [0.29, 0.717) is 6.54 Å². The van der Waals surface area contributed by atoms with Crippen LogP contribution in [0.2, 0.25) is 0 Å². The lowest BCUT2D eigenvalue weighted by molar-refractivity contribution is 0.0946. The molecule has 0 aromatic carbocycles. The average molecular weight is 333 g/mol. The van der Waals surface area contributed by atoms with Gasteiger partial charge >= 0.3 is 0 Å². The fourth-order valence-corrected chi connectivity index (χ4v) is 3.01. The molecule has 4 heterocycles. The molecule has 2 N–H and O–H groups in total. The van der Waals surface area contributed by atoms with Crippen molar-refractivity contribution in [3.63, 3.8) is 0 Å². The largest absolute Gasteiger partial charge is 0.462 e. The minimum atomic E-state index is -0.0125. The molecular weight excluding hydrogens is 314 g/mol. The third-order valence-electron chi connectivity index (χ3n) is 4.50. The molecule has 3 aromatic heterocycles. The number of rotatable bonds is 3. The molecule has 0 unspecified atom stereocenters. The van der Waals surface area contributed by atoms with E-state index >= 15 is 0 Å². The number of nitrogens with zero attached hydrogens (tertiary/aromatic N) is 1. The lowest BCUT2D eigenvalue weighted by atomic mass is 10.1. The van der Waals surface area contributed by atoms with Gasteiger partial charge in [0.15, 0.2) is 0 Å². The summed E-state index contributed by atoms with van der Waals surface area (Å²) >= 11 is 0. The van der Waals surface area contributed by atoms with E-state index in [-0.39, 0.29) is 5.91 Å². The van der Waals surface area contributed by atoms with Crippen molar-refractivity contribution >= 4 is 18.1 Å². The van der Waals surface area contributed by atoms with Gasteiger partial charge in [0.2, 0.25) is 0 Å². The number of pyridine rings is 1. The molecule has 0 atom stereocenters. The van der Waals surface area contributed by atoms with Crippen LogP contribution in [0.25, 0.3) is 23.4 Å². The molecule has 5 nitrogen and oxygen atoms in total. The van der Waals surface area contributed by atoms with Crippen molar-refractivity contribution in [2.24, 2.45) is 0 Å². The van der Waals surface area contributed by atoms with Crippen LogP contribution >= 0.6 is 0 Å². The smallest absolute Gasteiger partial charge is 0.253 e. The highest BCUT2D eigenvalue weighted by Crippen LogP contribution is 2.24. The Morgan fingerprint density at radius 1 is 1.20 bits per heavy atom. The van der Waals surface area contributed by atoms with Gasteiger partial charge in [-0.05, 0) is 55.8 Å². The lowest BCUT2D eigenvalue weighted by Gasteiger charge is -2.10. The summed E-state index contributed by atoms with van der Waals surface area (Å²) < 4.78 is 5.65. The Labute approximate surface area is 145 Å². The number of aromatic amines is 1. The van der Waals surface area contributed by atoms with Crippen LogP contribution < -0.4 is 5.32 Å². The molecule has 126 valence electrons. The molecule has 0 bridgehead atoms. The van der Waals surface area contributed by atoms with Gasteiger partial charge in [-0.2, -0.15) is 0 Å². The van der Waals surface area contributed by atoms with Crippen LogP contribution in [0, 0.1) is 13.8 Å². The van der Waals surface area contributed by atoms with Crippen molar-refractivity contribution in [1.82, 2.24) is 15.3 Å². The fraction of sp³-hybridized carbons (Fsp3) is 0.200. The highest BCUT2D eigenvalue weighted by Gasteiger charge is 2.19. The van der Waals surface area contributed by atoms with Crippen LogP contribution in [0.3, 0.4) is 0 Å². The summed E-state index contributed by atoms with van der Waals surface area (Å²) in [5.74, 6) is 1.73.